The van der Waals surface area contributed by atoms with Gasteiger partial charge in [-0.2, -0.15) is 0 Å². The van der Waals surface area contributed by atoms with Crippen molar-refractivity contribution in [3.05, 3.63) is 11.1 Å². The highest BCUT2D eigenvalue weighted by molar-refractivity contribution is 5.24. The molecule has 2 rings (SSSR count). The van der Waals surface area contributed by atoms with Crippen molar-refractivity contribution in [2.45, 2.75) is 66.7 Å². The first kappa shape index (κ1) is 15.1. The van der Waals surface area contributed by atoms with Crippen LogP contribution in [-0.4, -0.2) is 24.5 Å². The van der Waals surface area contributed by atoms with Crippen molar-refractivity contribution >= 4 is 0 Å². The standard InChI is InChI=1S/C18H33N/c1-6-19-11-7-9-18(13-19)10-8-16(14(2)3)17(12-18)15(4)5/h14-15H,6-13H2,1-5H3. The minimum Gasteiger partial charge on any atom is -0.303 e. The number of hydrogen-bond acceptors (Lipinski definition) is 1. The number of likely N-dealkylation sites (tertiary alicyclic amines) is 1. The summed E-state index contributed by atoms with van der Waals surface area (Å²) in [6, 6.07) is 0. The second kappa shape index (κ2) is 5.99. The van der Waals surface area contributed by atoms with E-state index in [1.165, 1.54) is 51.7 Å². The molecule has 0 N–H and O–H groups in total. The van der Waals surface area contributed by atoms with Crippen LogP contribution in [0.3, 0.4) is 0 Å². The molecular formula is C18H33N. The Kier molecular flexibility index (Phi) is 4.76. The van der Waals surface area contributed by atoms with E-state index in [1.54, 1.807) is 11.1 Å². The first-order chi connectivity index (χ1) is 8.97. The lowest BCUT2D eigenvalue weighted by Gasteiger charge is -2.47. The second-order valence-electron chi connectivity index (χ2n) is 7.51. The fourth-order valence-corrected chi connectivity index (χ4v) is 4.33. The molecule has 1 spiro atoms. The summed E-state index contributed by atoms with van der Waals surface area (Å²) in [5, 5.41) is 0. The Bertz CT molecular complexity index is 340. The van der Waals surface area contributed by atoms with E-state index in [9.17, 15) is 0 Å². The van der Waals surface area contributed by atoms with E-state index in [-0.39, 0.29) is 0 Å². The van der Waals surface area contributed by atoms with E-state index in [2.05, 4.69) is 39.5 Å². The topological polar surface area (TPSA) is 3.24 Å². The van der Waals surface area contributed by atoms with Crippen molar-refractivity contribution < 1.29 is 0 Å². The normalized spacial score (nSPS) is 29.8. The van der Waals surface area contributed by atoms with Crippen molar-refractivity contribution in [1.29, 1.82) is 0 Å². The minimum atomic E-state index is 0.617. The molecule has 1 saturated heterocycles. The molecule has 1 aliphatic heterocycles. The van der Waals surface area contributed by atoms with Gasteiger partial charge in [0.05, 0.1) is 0 Å². The molecule has 1 heteroatoms. The van der Waals surface area contributed by atoms with Crippen LogP contribution >= 0.6 is 0 Å². The van der Waals surface area contributed by atoms with Crippen molar-refractivity contribution in [2.75, 3.05) is 19.6 Å². The lowest BCUT2D eigenvalue weighted by Crippen LogP contribution is -2.45. The number of rotatable bonds is 3. The van der Waals surface area contributed by atoms with Gasteiger partial charge in [0, 0.05) is 6.54 Å². The van der Waals surface area contributed by atoms with Crippen LogP contribution in [0, 0.1) is 17.3 Å². The molecule has 0 aromatic carbocycles. The minimum absolute atomic E-state index is 0.617. The Morgan fingerprint density at radius 1 is 1.05 bits per heavy atom. The van der Waals surface area contributed by atoms with E-state index in [0.29, 0.717) is 5.41 Å². The summed E-state index contributed by atoms with van der Waals surface area (Å²) >= 11 is 0. The molecule has 1 aliphatic carbocycles. The summed E-state index contributed by atoms with van der Waals surface area (Å²) in [5.41, 5.74) is 4.21. The fraction of sp³-hybridized carbons (Fsp3) is 0.889. The smallest absolute Gasteiger partial charge is 0.00410 e. The van der Waals surface area contributed by atoms with Gasteiger partial charge in [-0.25, -0.2) is 0 Å². The van der Waals surface area contributed by atoms with Crippen LogP contribution in [0.25, 0.3) is 0 Å². The van der Waals surface area contributed by atoms with Gasteiger partial charge < -0.3 is 4.90 Å². The van der Waals surface area contributed by atoms with Crippen LogP contribution in [0.5, 0.6) is 0 Å². The summed E-state index contributed by atoms with van der Waals surface area (Å²) in [6.07, 6.45) is 7.06. The number of allylic oxidation sites excluding steroid dienone is 2. The highest BCUT2D eigenvalue weighted by atomic mass is 15.1. The molecule has 19 heavy (non-hydrogen) atoms. The van der Waals surface area contributed by atoms with E-state index in [1.807, 2.05) is 0 Å². The predicted molar refractivity (Wildman–Crippen MR) is 84.3 cm³/mol. The van der Waals surface area contributed by atoms with Crippen LogP contribution in [0.2, 0.25) is 0 Å². The SMILES string of the molecule is CCN1CCCC2(CCC(C(C)C)=C(C(C)C)C2)C1. The molecule has 1 fully saturated rings. The van der Waals surface area contributed by atoms with Gasteiger partial charge in [-0.05, 0) is 62.4 Å². The number of piperidine rings is 1. The molecule has 1 heterocycles. The van der Waals surface area contributed by atoms with Gasteiger partial charge in [-0.3, -0.25) is 0 Å². The monoisotopic (exact) mass is 263 g/mol. The quantitative estimate of drug-likeness (QED) is 0.656. The van der Waals surface area contributed by atoms with Crippen LogP contribution < -0.4 is 0 Å². The Morgan fingerprint density at radius 2 is 1.74 bits per heavy atom. The molecule has 1 atom stereocenters. The molecular weight excluding hydrogens is 230 g/mol. The number of nitrogens with zero attached hydrogens (tertiary/aromatic N) is 1. The maximum atomic E-state index is 2.68. The molecule has 110 valence electrons. The van der Waals surface area contributed by atoms with Gasteiger partial charge in [0.15, 0.2) is 0 Å². The molecule has 1 nitrogen and oxygen atoms in total. The van der Waals surface area contributed by atoms with Crippen molar-refractivity contribution in [1.82, 2.24) is 4.90 Å². The Labute approximate surface area is 120 Å². The summed E-state index contributed by atoms with van der Waals surface area (Å²) < 4.78 is 0. The maximum Gasteiger partial charge on any atom is 0.00410 e. The fourth-order valence-electron chi connectivity index (χ4n) is 4.33. The van der Waals surface area contributed by atoms with Gasteiger partial charge in [-0.1, -0.05) is 45.8 Å². The van der Waals surface area contributed by atoms with Crippen LogP contribution in [0.15, 0.2) is 11.1 Å². The average Bonchev–Trinajstić information content (AvgIpc) is 2.38. The molecule has 0 radical (unpaired) electrons. The third kappa shape index (κ3) is 3.24. The van der Waals surface area contributed by atoms with Crippen molar-refractivity contribution in [2.24, 2.45) is 17.3 Å². The molecule has 1 unspecified atom stereocenters. The van der Waals surface area contributed by atoms with E-state index in [4.69, 9.17) is 0 Å². The van der Waals surface area contributed by atoms with E-state index in [0.717, 1.165) is 11.8 Å². The summed E-state index contributed by atoms with van der Waals surface area (Å²) in [4.78, 5) is 2.68. The Balaban J connectivity index is 2.20. The molecule has 0 amide bonds. The van der Waals surface area contributed by atoms with Gasteiger partial charge >= 0.3 is 0 Å². The summed E-state index contributed by atoms with van der Waals surface area (Å²) in [5.74, 6) is 1.49. The largest absolute Gasteiger partial charge is 0.303 e. The molecule has 2 aliphatic rings. The zero-order chi connectivity index (χ0) is 14.0. The average molecular weight is 263 g/mol. The first-order valence-corrected chi connectivity index (χ1v) is 8.41. The highest BCUT2D eigenvalue weighted by Crippen LogP contribution is 2.48. The lowest BCUT2D eigenvalue weighted by atomic mass is 9.64. The van der Waals surface area contributed by atoms with Gasteiger partial charge in [-0.15, -0.1) is 0 Å². The Hall–Kier alpha value is -0.300. The van der Waals surface area contributed by atoms with Gasteiger partial charge in [0.2, 0.25) is 0 Å². The predicted octanol–water partition coefficient (Wildman–Crippen LogP) is 4.88. The van der Waals surface area contributed by atoms with E-state index < -0.39 is 0 Å². The molecule has 0 saturated carbocycles. The molecule has 0 bridgehead atoms. The zero-order valence-corrected chi connectivity index (χ0v) is 13.8. The lowest BCUT2D eigenvalue weighted by molar-refractivity contribution is 0.0751. The summed E-state index contributed by atoms with van der Waals surface area (Å²) in [6.45, 7) is 15.8. The van der Waals surface area contributed by atoms with Crippen LogP contribution in [0.4, 0.5) is 0 Å². The molecule has 0 aromatic heterocycles. The first-order valence-electron chi connectivity index (χ1n) is 8.41. The summed E-state index contributed by atoms with van der Waals surface area (Å²) in [7, 11) is 0. The third-order valence-corrected chi connectivity index (χ3v) is 5.48. The second-order valence-corrected chi connectivity index (χ2v) is 7.51. The van der Waals surface area contributed by atoms with Gasteiger partial charge in [0.25, 0.3) is 0 Å². The highest BCUT2D eigenvalue weighted by Gasteiger charge is 2.39. The number of hydrogen-bond donors (Lipinski definition) is 0. The Morgan fingerprint density at radius 3 is 2.32 bits per heavy atom. The zero-order valence-electron chi connectivity index (χ0n) is 13.8. The van der Waals surface area contributed by atoms with Crippen molar-refractivity contribution in [3.63, 3.8) is 0 Å². The van der Waals surface area contributed by atoms with Crippen LogP contribution in [0.1, 0.15) is 66.7 Å². The third-order valence-electron chi connectivity index (χ3n) is 5.48. The van der Waals surface area contributed by atoms with E-state index >= 15 is 0 Å². The maximum absolute atomic E-state index is 2.68. The van der Waals surface area contributed by atoms with Crippen molar-refractivity contribution in [3.8, 4) is 0 Å². The van der Waals surface area contributed by atoms with Gasteiger partial charge in [0.1, 0.15) is 0 Å². The molecule has 0 aromatic rings. The van der Waals surface area contributed by atoms with Crippen LogP contribution in [-0.2, 0) is 0 Å².